The quantitative estimate of drug-likeness (QED) is 0.609. The van der Waals surface area contributed by atoms with Crippen molar-refractivity contribution >= 4 is 28.0 Å². The van der Waals surface area contributed by atoms with E-state index in [2.05, 4.69) is 32.3 Å². The number of hydrogen-bond acceptors (Lipinski definition) is 6. The normalized spacial score (nSPS) is 14.4. The maximum atomic E-state index is 12.4. The second-order valence-electron chi connectivity index (χ2n) is 6.83. The molecule has 0 unspecified atom stereocenters. The van der Waals surface area contributed by atoms with Gasteiger partial charge in [0.15, 0.2) is 0 Å². The minimum absolute atomic E-state index is 0.112. The second kappa shape index (κ2) is 8.41. The standard InChI is InChI=1S/C21H24N4O3/c26-11-1-2-17-14-15-7-8-22-21(27)19(15)20(24-17)23-16-3-5-18(6-4-16)25-9-12-28-13-10-25/h3-8,14,26H,1-2,9-13H2,(H,22,27)(H,23,24). The van der Waals surface area contributed by atoms with Gasteiger partial charge in [-0.15, -0.1) is 0 Å². The first-order chi connectivity index (χ1) is 13.7. The molecule has 1 aliphatic heterocycles. The number of aromatic nitrogens is 2. The predicted molar refractivity (Wildman–Crippen MR) is 111 cm³/mol. The maximum absolute atomic E-state index is 12.4. The fourth-order valence-corrected chi connectivity index (χ4v) is 3.46. The highest BCUT2D eigenvalue weighted by molar-refractivity contribution is 5.92. The Bertz CT molecular complexity index is 995. The minimum Gasteiger partial charge on any atom is -0.396 e. The lowest BCUT2D eigenvalue weighted by Gasteiger charge is -2.28. The number of aromatic amines is 1. The summed E-state index contributed by atoms with van der Waals surface area (Å²) in [5.74, 6) is 0.534. The fourth-order valence-electron chi connectivity index (χ4n) is 3.46. The van der Waals surface area contributed by atoms with Gasteiger partial charge >= 0.3 is 0 Å². The number of morpholine rings is 1. The molecule has 2 aromatic heterocycles. The fraction of sp³-hybridized carbons (Fsp3) is 0.333. The van der Waals surface area contributed by atoms with E-state index < -0.39 is 0 Å². The van der Waals surface area contributed by atoms with Crippen molar-refractivity contribution < 1.29 is 9.84 Å². The summed E-state index contributed by atoms with van der Waals surface area (Å²) in [5.41, 5.74) is 2.69. The Morgan fingerprint density at radius 2 is 1.96 bits per heavy atom. The zero-order valence-electron chi connectivity index (χ0n) is 15.6. The average molecular weight is 380 g/mol. The van der Waals surface area contributed by atoms with Crippen LogP contribution in [0.5, 0.6) is 0 Å². The van der Waals surface area contributed by atoms with Crippen LogP contribution < -0.4 is 15.8 Å². The molecule has 4 rings (SSSR count). The summed E-state index contributed by atoms with van der Waals surface area (Å²) in [6.45, 7) is 3.39. The number of rotatable bonds is 6. The van der Waals surface area contributed by atoms with Crippen molar-refractivity contribution in [2.24, 2.45) is 0 Å². The number of H-pyrrole nitrogens is 1. The predicted octanol–water partition coefficient (Wildman–Crippen LogP) is 2.43. The molecule has 1 fully saturated rings. The van der Waals surface area contributed by atoms with Crippen LogP contribution in [-0.2, 0) is 11.2 Å². The molecule has 0 aliphatic carbocycles. The zero-order chi connectivity index (χ0) is 19.3. The Balaban J connectivity index is 1.63. The number of nitrogens with one attached hydrogen (secondary N) is 2. The number of benzene rings is 1. The smallest absolute Gasteiger partial charge is 0.259 e. The molecule has 0 atom stereocenters. The first kappa shape index (κ1) is 18.5. The maximum Gasteiger partial charge on any atom is 0.259 e. The molecule has 1 saturated heterocycles. The van der Waals surface area contributed by atoms with E-state index in [0.29, 0.717) is 24.0 Å². The molecular formula is C21H24N4O3. The van der Waals surface area contributed by atoms with E-state index in [1.807, 2.05) is 24.3 Å². The van der Waals surface area contributed by atoms with E-state index in [1.54, 1.807) is 6.20 Å². The van der Waals surface area contributed by atoms with Crippen molar-refractivity contribution in [3.05, 3.63) is 58.6 Å². The summed E-state index contributed by atoms with van der Waals surface area (Å²) in [5, 5.41) is 13.8. The molecule has 7 heteroatoms. The van der Waals surface area contributed by atoms with Gasteiger partial charge in [-0.05, 0) is 54.6 Å². The van der Waals surface area contributed by atoms with Crippen LogP contribution in [0, 0.1) is 0 Å². The van der Waals surface area contributed by atoms with Gasteiger partial charge < -0.3 is 25.0 Å². The highest BCUT2D eigenvalue weighted by atomic mass is 16.5. The molecule has 3 heterocycles. The summed E-state index contributed by atoms with van der Waals surface area (Å²) in [6, 6.07) is 11.9. The van der Waals surface area contributed by atoms with Crippen LogP contribution in [0.25, 0.3) is 10.8 Å². The van der Waals surface area contributed by atoms with Crippen molar-refractivity contribution in [1.82, 2.24) is 9.97 Å². The second-order valence-corrected chi connectivity index (χ2v) is 6.83. The summed E-state index contributed by atoms with van der Waals surface area (Å²) in [6.07, 6.45) is 2.93. The van der Waals surface area contributed by atoms with Crippen LogP contribution >= 0.6 is 0 Å². The van der Waals surface area contributed by atoms with E-state index in [4.69, 9.17) is 9.84 Å². The molecular weight excluding hydrogens is 356 g/mol. The Morgan fingerprint density at radius 3 is 2.71 bits per heavy atom. The Morgan fingerprint density at radius 1 is 1.18 bits per heavy atom. The lowest BCUT2D eigenvalue weighted by atomic mass is 10.1. The van der Waals surface area contributed by atoms with Crippen molar-refractivity contribution in [3.8, 4) is 0 Å². The van der Waals surface area contributed by atoms with Gasteiger partial charge in [-0.2, -0.15) is 0 Å². The Labute approximate surface area is 163 Å². The van der Waals surface area contributed by atoms with E-state index in [0.717, 1.165) is 48.8 Å². The number of hydrogen-bond donors (Lipinski definition) is 3. The topological polar surface area (TPSA) is 90.5 Å². The van der Waals surface area contributed by atoms with Gasteiger partial charge in [0.1, 0.15) is 5.82 Å². The molecule has 0 saturated carbocycles. The molecule has 0 radical (unpaired) electrons. The van der Waals surface area contributed by atoms with Crippen molar-refractivity contribution in [1.29, 1.82) is 0 Å². The third-order valence-corrected chi connectivity index (χ3v) is 4.90. The Kier molecular flexibility index (Phi) is 5.55. The van der Waals surface area contributed by atoms with E-state index in [1.165, 1.54) is 0 Å². The average Bonchev–Trinajstić information content (AvgIpc) is 2.73. The number of aliphatic hydroxyl groups excluding tert-OH is 1. The third kappa shape index (κ3) is 4.00. The first-order valence-electron chi connectivity index (χ1n) is 9.56. The van der Waals surface area contributed by atoms with Gasteiger partial charge in [0, 0.05) is 43.0 Å². The van der Waals surface area contributed by atoms with Crippen molar-refractivity contribution in [2.75, 3.05) is 43.1 Å². The molecule has 0 spiro atoms. The number of aryl methyl sites for hydroxylation is 1. The van der Waals surface area contributed by atoms with Crippen molar-refractivity contribution in [2.45, 2.75) is 12.8 Å². The summed E-state index contributed by atoms with van der Waals surface area (Å²) in [4.78, 5) is 22.0. The van der Waals surface area contributed by atoms with Gasteiger partial charge in [-0.25, -0.2) is 4.98 Å². The first-order valence-corrected chi connectivity index (χ1v) is 9.56. The van der Waals surface area contributed by atoms with Crippen LogP contribution in [0.15, 0.2) is 47.4 Å². The van der Waals surface area contributed by atoms with Gasteiger partial charge in [0.05, 0.1) is 18.6 Å². The number of anilines is 3. The van der Waals surface area contributed by atoms with Crippen LogP contribution in [-0.4, -0.2) is 48.0 Å². The molecule has 1 aromatic carbocycles. The molecule has 1 aliphatic rings. The SMILES string of the molecule is O=c1[nH]ccc2cc(CCCO)nc(Nc3ccc(N4CCOCC4)cc3)c12. The number of pyridine rings is 2. The van der Waals surface area contributed by atoms with Crippen LogP contribution in [0.1, 0.15) is 12.1 Å². The van der Waals surface area contributed by atoms with Crippen LogP contribution in [0.3, 0.4) is 0 Å². The number of aliphatic hydroxyl groups is 1. The third-order valence-electron chi connectivity index (χ3n) is 4.90. The van der Waals surface area contributed by atoms with Crippen molar-refractivity contribution in [3.63, 3.8) is 0 Å². The molecule has 28 heavy (non-hydrogen) atoms. The van der Waals surface area contributed by atoms with E-state index >= 15 is 0 Å². The highest BCUT2D eigenvalue weighted by Crippen LogP contribution is 2.25. The minimum atomic E-state index is -0.175. The summed E-state index contributed by atoms with van der Waals surface area (Å²) < 4.78 is 5.40. The molecule has 3 aromatic rings. The number of ether oxygens (including phenoxy) is 1. The lowest BCUT2D eigenvalue weighted by Crippen LogP contribution is -2.36. The number of nitrogens with zero attached hydrogens (tertiary/aromatic N) is 2. The van der Waals surface area contributed by atoms with Gasteiger partial charge in [-0.3, -0.25) is 4.79 Å². The lowest BCUT2D eigenvalue weighted by molar-refractivity contribution is 0.122. The molecule has 7 nitrogen and oxygen atoms in total. The van der Waals surface area contributed by atoms with Crippen LogP contribution in [0.2, 0.25) is 0 Å². The van der Waals surface area contributed by atoms with Gasteiger partial charge in [-0.1, -0.05) is 0 Å². The van der Waals surface area contributed by atoms with E-state index in [-0.39, 0.29) is 12.2 Å². The van der Waals surface area contributed by atoms with Gasteiger partial charge in [0.25, 0.3) is 5.56 Å². The molecule has 0 amide bonds. The summed E-state index contributed by atoms with van der Waals surface area (Å²) >= 11 is 0. The largest absolute Gasteiger partial charge is 0.396 e. The molecule has 3 N–H and O–H groups in total. The van der Waals surface area contributed by atoms with E-state index in [9.17, 15) is 4.79 Å². The van der Waals surface area contributed by atoms with Crippen LogP contribution in [0.4, 0.5) is 17.2 Å². The monoisotopic (exact) mass is 380 g/mol. The number of fused-ring (bicyclic) bond motifs is 1. The highest BCUT2D eigenvalue weighted by Gasteiger charge is 2.12. The molecule has 146 valence electrons. The summed E-state index contributed by atoms with van der Waals surface area (Å²) in [7, 11) is 0. The Hall–Kier alpha value is -2.90. The zero-order valence-corrected chi connectivity index (χ0v) is 15.6. The van der Waals surface area contributed by atoms with Gasteiger partial charge in [0.2, 0.25) is 0 Å². The molecule has 0 bridgehead atoms.